The predicted octanol–water partition coefficient (Wildman–Crippen LogP) is 1.52. The highest BCUT2D eigenvalue weighted by atomic mass is 16.1. The number of aromatic nitrogens is 1. The average Bonchev–Trinajstić information content (AvgIpc) is 2.17. The predicted molar refractivity (Wildman–Crippen MR) is 58.1 cm³/mol. The van der Waals surface area contributed by atoms with Crippen LogP contribution in [0, 0.1) is 5.92 Å². The molecule has 78 valence electrons. The summed E-state index contributed by atoms with van der Waals surface area (Å²) in [6.45, 7) is 6.73. The minimum atomic E-state index is 0.0448. The highest BCUT2D eigenvalue weighted by molar-refractivity contribution is 5.10. The normalized spacial score (nSPS) is 13.2. The number of nitrogens with two attached hydrogens (primary N) is 1. The number of rotatable bonds is 3. The first-order valence-corrected chi connectivity index (χ1v) is 4.97. The second-order valence-electron chi connectivity index (χ2n) is 3.97. The Balaban J connectivity index is 3.12. The summed E-state index contributed by atoms with van der Waals surface area (Å²) in [7, 11) is 0. The van der Waals surface area contributed by atoms with Crippen LogP contribution >= 0.6 is 0 Å². The van der Waals surface area contributed by atoms with Crippen LogP contribution in [0.15, 0.2) is 23.1 Å². The summed E-state index contributed by atoms with van der Waals surface area (Å²) >= 11 is 0. The minimum absolute atomic E-state index is 0.0448. The largest absolute Gasteiger partial charge is 0.326 e. The minimum Gasteiger partial charge on any atom is -0.326 e. The lowest BCUT2D eigenvalue weighted by Crippen LogP contribution is -2.25. The van der Waals surface area contributed by atoms with Crippen molar-refractivity contribution >= 4 is 0 Å². The molecule has 0 saturated heterocycles. The quantitative estimate of drug-likeness (QED) is 0.793. The van der Waals surface area contributed by atoms with Crippen molar-refractivity contribution in [1.82, 2.24) is 4.57 Å². The molecule has 1 unspecified atom stereocenters. The standard InChI is InChI=1S/C11H18N2O/c1-8(2)9(3)13-7-10(6-12)4-5-11(13)14/h4-5,7-9H,6,12H2,1-3H3. The molecule has 1 rings (SSSR count). The first kappa shape index (κ1) is 11.0. The molecule has 3 heteroatoms. The van der Waals surface area contributed by atoms with Gasteiger partial charge in [-0.2, -0.15) is 0 Å². The maximum atomic E-state index is 11.6. The zero-order chi connectivity index (χ0) is 10.7. The van der Waals surface area contributed by atoms with Gasteiger partial charge < -0.3 is 10.3 Å². The molecule has 0 amide bonds. The fraction of sp³-hybridized carbons (Fsp3) is 0.545. The Bertz CT molecular complexity index is 355. The van der Waals surface area contributed by atoms with Gasteiger partial charge in [-0.1, -0.05) is 19.9 Å². The Morgan fingerprint density at radius 2 is 2.00 bits per heavy atom. The van der Waals surface area contributed by atoms with Crippen molar-refractivity contribution in [3.8, 4) is 0 Å². The van der Waals surface area contributed by atoms with Crippen molar-refractivity contribution in [1.29, 1.82) is 0 Å². The Morgan fingerprint density at radius 3 is 2.50 bits per heavy atom. The van der Waals surface area contributed by atoms with E-state index in [0.29, 0.717) is 12.5 Å². The van der Waals surface area contributed by atoms with Gasteiger partial charge in [0.2, 0.25) is 0 Å². The third kappa shape index (κ3) is 2.23. The van der Waals surface area contributed by atoms with Crippen LogP contribution in [0.2, 0.25) is 0 Å². The van der Waals surface area contributed by atoms with Crippen LogP contribution in [0.4, 0.5) is 0 Å². The number of hydrogen-bond acceptors (Lipinski definition) is 2. The van der Waals surface area contributed by atoms with E-state index in [2.05, 4.69) is 13.8 Å². The van der Waals surface area contributed by atoms with E-state index in [1.165, 1.54) is 0 Å². The maximum absolute atomic E-state index is 11.6. The summed E-state index contributed by atoms with van der Waals surface area (Å²) in [6.07, 6.45) is 1.85. The van der Waals surface area contributed by atoms with Crippen LogP contribution in [0.5, 0.6) is 0 Å². The molecule has 0 bridgehead atoms. The van der Waals surface area contributed by atoms with Gasteiger partial charge in [0.05, 0.1) is 0 Å². The maximum Gasteiger partial charge on any atom is 0.250 e. The number of hydrogen-bond donors (Lipinski definition) is 1. The SMILES string of the molecule is CC(C)C(C)n1cc(CN)ccc1=O. The highest BCUT2D eigenvalue weighted by Crippen LogP contribution is 2.14. The fourth-order valence-corrected chi connectivity index (χ4v) is 1.31. The molecule has 14 heavy (non-hydrogen) atoms. The molecule has 3 nitrogen and oxygen atoms in total. The van der Waals surface area contributed by atoms with E-state index in [0.717, 1.165) is 5.56 Å². The van der Waals surface area contributed by atoms with Crippen LogP contribution in [-0.2, 0) is 6.54 Å². The van der Waals surface area contributed by atoms with Gasteiger partial charge in [-0.25, -0.2) is 0 Å². The molecule has 0 radical (unpaired) electrons. The van der Waals surface area contributed by atoms with Gasteiger partial charge in [0, 0.05) is 24.8 Å². The summed E-state index contributed by atoms with van der Waals surface area (Å²) in [5.41, 5.74) is 6.57. The first-order valence-electron chi connectivity index (χ1n) is 4.97. The zero-order valence-corrected chi connectivity index (χ0v) is 9.03. The molecule has 0 aliphatic rings. The number of nitrogens with zero attached hydrogens (tertiary/aromatic N) is 1. The summed E-state index contributed by atoms with van der Waals surface area (Å²) in [5, 5.41) is 0. The lowest BCUT2D eigenvalue weighted by Gasteiger charge is -2.19. The van der Waals surface area contributed by atoms with E-state index in [4.69, 9.17) is 5.73 Å². The van der Waals surface area contributed by atoms with Gasteiger partial charge in [-0.05, 0) is 18.4 Å². The Hall–Kier alpha value is -1.09. The summed E-state index contributed by atoms with van der Waals surface area (Å²) < 4.78 is 1.76. The van der Waals surface area contributed by atoms with Crippen molar-refractivity contribution < 1.29 is 0 Å². The second-order valence-corrected chi connectivity index (χ2v) is 3.97. The molecule has 0 saturated carbocycles. The molecular formula is C11H18N2O. The summed E-state index contributed by atoms with van der Waals surface area (Å²) in [4.78, 5) is 11.6. The molecule has 0 aliphatic heterocycles. The molecule has 0 aromatic carbocycles. The van der Waals surface area contributed by atoms with Crippen molar-refractivity contribution in [2.24, 2.45) is 11.7 Å². The Kier molecular flexibility index (Phi) is 3.47. The van der Waals surface area contributed by atoms with Crippen molar-refractivity contribution in [2.45, 2.75) is 33.4 Å². The average molecular weight is 194 g/mol. The molecule has 2 N–H and O–H groups in total. The van der Waals surface area contributed by atoms with Gasteiger partial charge in [0.1, 0.15) is 0 Å². The smallest absolute Gasteiger partial charge is 0.250 e. The second kappa shape index (κ2) is 4.42. The monoisotopic (exact) mass is 194 g/mol. The van der Waals surface area contributed by atoms with E-state index < -0.39 is 0 Å². The molecule has 1 aromatic heterocycles. The summed E-state index contributed by atoms with van der Waals surface area (Å²) in [6, 6.07) is 3.58. The van der Waals surface area contributed by atoms with Crippen LogP contribution in [0.3, 0.4) is 0 Å². The van der Waals surface area contributed by atoms with Gasteiger partial charge in [0.15, 0.2) is 0 Å². The molecule has 1 heterocycles. The Labute approximate surface area is 84.6 Å². The van der Waals surface area contributed by atoms with Crippen LogP contribution in [0.1, 0.15) is 32.4 Å². The van der Waals surface area contributed by atoms with E-state index in [1.807, 2.05) is 13.1 Å². The van der Waals surface area contributed by atoms with Crippen LogP contribution < -0.4 is 11.3 Å². The van der Waals surface area contributed by atoms with E-state index >= 15 is 0 Å². The third-order valence-corrected chi connectivity index (χ3v) is 2.64. The molecule has 0 fully saturated rings. The van der Waals surface area contributed by atoms with Gasteiger partial charge in [0.25, 0.3) is 5.56 Å². The number of pyridine rings is 1. The lowest BCUT2D eigenvalue weighted by molar-refractivity contribution is 0.397. The van der Waals surface area contributed by atoms with Gasteiger partial charge in [-0.15, -0.1) is 0 Å². The molecule has 1 atom stereocenters. The van der Waals surface area contributed by atoms with Crippen LogP contribution in [-0.4, -0.2) is 4.57 Å². The summed E-state index contributed by atoms with van der Waals surface area (Å²) in [5.74, 6) is 0.445. The van der Waals surface area contributed by atoms with E-state index in [-0.39, 0.29) is 11.6 Å². The Morgan fingerprint density at radius 1 is 1.36 bits per heavy atom. The lowest BCUT2D eigenvalue weighted by atomic mass is 10.1. The van der Waals surface area contributed by atoms with Crippen molar-refractivity contribution in [3.63, 3.8) is 0 Å². The van der Waals surface area contributed by atoms with Crippen molar-refractivity contribution in [3.05, 3.63) is 34.2 Å². The molecule has 0 aliphatic carbocycles. The third-order valence-electron chi connectivity index (χ3n) is 2.64. The topological polar surface area (TPSA) is 48.0 Å². The van der Waals surface area contributed by atoms with Crippen LogP contribution in [0.25, 0.3) is 0 Å². The highest BCUT2D eigenvalue weighted by Gasteiger charge is 2.10. The molecule has 1 aromatic rings. The fourth-order valence-electron chi connectivity index (χ4n) is 1.31. The first-order chi connectivity index (χ1) is 6.56. The van der Waals surface area contributed by atoms with Crippen molar-refractivity contribution in [2.75, 3.05) is 0 Å². The van der Waals surface area contributed by atoms with E-state index in [9.17, 15) is 4.79 Å². The zero-order valence-electron chi connectivity index (χ0n) is 9.03. The van der Waals surface area contributed by atoms with Gasteiger partial charge in [-0.3, -0.25) is 4.79 Å². The molecule has 0 spiro atoms. The molecular weight excluding hydrogens is 176 g/mol. The van der Waals surface area contributed by atoms with E-state index in [1.54, 1.807) is 16.7 Å². The van der Waals surface area contributed by atoms with Gasteiger partial charge >= 0.3 is 0 Å².